The summed E-state index contributed by atoms with van der Waals surface area (Å²) in [7, 11) is 0. The minimum atomic E-state index is 0.913. The van der Waals surface area contributed by atoms with Crippen molar-refractivity contribution >= 4 is 121 Å². The van der Waals surface area contributed by atoms with Crippen LogP contribution in [0, 0.1) is 0 Å². The fraction of sp³-hybridized carbons (Fsp3) is 0. The number of para-hydroxylation sites is 5. The Morgan fingerprint density at radius 2 is 0.562 bits per heavy atom. The molecule has 0 saturated carbocycles. The monoisotopic (exact) mass is 1540 g/mol. The van der Waals surface area contributed by atoms with Crippen LogP contribution in [-0.4, -0.2) is 9.55 Å². The maximum Gasteiger partial charge on any atom is 0.145 e. The van der Waals surface area contributed by atoms with Crippen LogP contribution >= 0.6 is 0 Å². The molecule has 4 nitrogen and oxygen atoms in total. The normalized spacial score (nSPS) is 11.6. The molecule has 23 aromatic rings. The van der Waals surface area contributed by atoms with Gasteiger partial charge in [0.15, 0.2) is 0 Å². The molecular formula is C117H76N4. The van der Waals surface area contributed by atoms with Gasteiger partial charge in [-0.2, -0.15) is 0 Å². The van der Waals surface area contributed by atoms with Crippen molar-refractivity contribution in [1.82, 2.24) is 9.55 Å². The summed E-state index contributed by atoms with van der Waals surface area (Å²) >= 11 is 0. The van der Waals surface area contributed by atoms with Gasteiger partial charge in [-0.05, 0) is 234 Å². The highest BCUT2D eigenvalue weighted by Crippen LogP contribution is 2.53. The van der Waals surface area contributed by atoms with Crippen molar-refractivity contribution in [1.29, 1.82) is 0 Å². The Morgan fingerprint density at radius 3 is 1.16 bits per heavy atom. The van der Waals surface area contributed by atoms with E-state index in [-0.39, 0.29) is 0 Å². The smallest absolute Gasteiger partial charge is 0.145 e. The van der Waals surface area contributed by atoms with Crippen LogP contribution < -0.4 is 9.80 Å². The third kappa shape index (κ3) is 12.3. The molecule has 0 spiro atoms. The Labute approximate surface area is 702 Å². The highest BCUT2D eigenvalue weighted by Gasteiger charge is 2.27. The highest BCUT2D eigenvalue weighted by atomic mass is 15.2. The minimum absolute atomic E-state index is 0.913. The average molecular weight is 1540 g/mol. The number of anilines is 6. The van der Waals surface area contributed by atoms with Crippen LogP contribution in [0.4, 0.5) is 34.1 Å². The van der Waals surface area contributed by atoms with E-state index < -0.39 is 0 Å². The highest BCUT2D eigenvalue weighted by molar-refractivity contribution is 6.29. The number of nitrogens with zero attached hydrogens (tertiary/aromatic N) is 4. The van der Waals surface area contributed by atoms with E-state index >= 15 is 0 Å². The lowest BCUT2D eigenvalue weighted by Gasteiger charge is -2.31. The van der Waals surface area contributed by atoms with Crippen LogP contribution in [0.1, 0.15) is 0 Å². The topological polar surface area (TPSA) is 24.3 Å². The molecule has 564 valence electrons. The second-order valence-electron chi connectivity index (χ2n) is 31.6. The van der Waals surface area contributed by atoms with Gasteiger partial charge in [0.2, 0.25) is 0 Å². The summed E-state index contributed by atoms with van der Waals surface area (Å²) < 4.78 is 2.27. The van der Waals surface area contributed by atoms with Gasteiger partial charge in [0.25, 0.3) is 0 Å². The molecule has 0 aliphatic rings. The van der Waals surface area contributed by atoms with Crippen molar-refractivity contribution in [2.75, 3.05) is 9.80 Å². The molecule has 0 saturated heterocycles. The van der Waals surface area contributed by atoms with Crippen LogP contribution in [0.5, 0.6) is 0 Å². The summed E-state index contributed by atoms with van der Waals surface area (Å²) in [6.45, 7) is 0. The molecule has 0 aliphatic heterocycles. The molecule has 1 heterocycles. The van der Waals surface area contributed by atoms with E-state index in [1.165, 1.54) is 114 Å². The quantitative estimate of drug-likeness (QED) is 0.0712. The Bertz CT molecular complexity index is 7900. The number of imidazole rings is 1. The van der Waals surface area contributed by atoms with Crippen molar-refractivity contribution in [3.05, 3.63) is 461 Å². The van der Waals surface area contributed by atoms with Crippen molar-refractivity contribution in [2.45, 2.75) is 0 Å². The Balaban J connectivity index is 0.614. The first-order chi connectivity index (χ1) is 60.0. The van der Waals surface area contributed by atoms with Gasteiger partial charge in [0, 0.05) is 44.5 Å². The van der Waals surface area contributed by atoms with Gasteiger partial charge < -0.3 is 9.80 Å². The molecule has 0 amide bonds. The van der Waals surface area contributed by atoms with Crippen LogP contribution in [0.25, 0.3) is 193 Å². The van der Waals surface area contributed by atoms with Gasteiger partial charge in [-0.1, -0.05) is 370 Å². The number of fused-ring (bicyclic) bond motifs is 5. The van der Waals surface area contributed by atoms with Gasteiger partial charge in [-0.25, -0.2) is 4.98 Å². The van der Waals surface area contributed by atoms with E-state index in [2.05, 4.69) is 475 Å². The van der Waals surface area contributed by atoms with E-state index in [1.807, 2.05) is 0 Å². The zero-order valence-electron chi connectivity index (χ0n) is 66.2. The summed E-state index contributed by atoms with van der Waals surface area (Å²) in [5.74, 6) is 0.913. The van der Waals surface area contributed by atoms with E-state index in [0.29, 0.717) is 0 Å². The van der Waals surface area contributed by atoms with Crippen LogP contribution in [0.15, 0.2) is 461 Å². The van der Waals surface area contributed by atoms with E-state index in [0.717, 1.165) is 112 Å². The molecule has 0 aliphatic carbocycles. The summed E-state index contributed by atoms with van der Waals surface area (Å²) in [5.41, 5.74) is 29.4. The first-order valence-corrected chi connectivity index (χ1v) is 41.6. The van der Waals surface area contributed by atoms with Crippen LogP contribution in [0.2, 0.25) is 0 Å². The molecule has 4 heteroatoms. The predicted octanol–water partition coefficient (Wildman–Crippen LogP) is 32.5. The molecule has 0 bridgehead atoms. The number of rotatable bonds is 16. The molecule has 0 radical (unpaired) electrons. The summed E-state index contributed by atoms with van der Waals surface area (Å²) in [6, 6.07) is 170. The summed E-state index contributed by atoms with van der Waals surface area (Å²) in [6.07, 6.45) is 0. The van der Waals surface area contributed by atoms with Gasteiger partial charge in [0.05, 0.1) is 33.8 Å². The standard InChI is InChI=1S/C117H76N4/c1-5-24-77(25-6-1)80-56-65-95(66-57-80)119(108-41-20-17-35-98(108)83-27-7-2-8-28-83)110-72-63-87-61-71-104-111(73-64-88-60-70-103(110)115(87)116(88)104)120(109-42-21-18-36-99(109)84-29-9-3-10-30-84)96-67-58-81(59-68-96)79-44-49-86(50-45-79)97-39-23-32-85-51-55-93(76-105(85)97)113-100-37-15-16-38-101(100)114(92-54-48-78-26-13-14-31-90(78)74-92)106-75-91(62-69-102(106)113)82-46-52-89(53-47-82)117-118-107-40-19-22-43-112(107)121(117)94-33-11-4-12-34-94/h1-76H. The second-order valence-corrected chi connectivity index (χ2v) is 31.6. The zero-order chi connectivity index (χ0) is 79.9. The molecule has 0 atom stereocenters. The van der Waals surface area contributed by atoms with Gasteiger partial charge >= 0.3 is 0 Å². The van der Waals surface area contributed by atoms with Crippen molar-refractivity contribution in [3.63, 3.8) is 0 Å². The molecule has 0 fully saturated rings. The first-order valence-electron chi connectivity index (χ1n) is 41.6. The molecule has 1 aromatic heterocycles. The molecule has 0 unspecified atom stereocenters. The van der Waals surface area contributed by atoms with E-state index in [4.69, 9.17) is 4.98 Å². The van der Waals surface area contributed by atoms with Gasteiger partial charge in [-0.3, -0.25) is 4.57 Å². The molecule has 22 aromatic carbocycles. The lowest BCUT2D eigenvalue weighted by molar-refractivity contribution is 1.10. The number of benzene rings is 22. The maximum absolute atomic E-state index is 5.22. The van der Waals surface area contributed by atoms with Crippen LogP contribution in [-0.2, 0) is 0 Å². The van der Waals surface area contributed by atoms with E-state index in [1.54, 1.807) is 0 Å². The number of hydrogen-bond acceptors (Lipinski definition) is 3. The molecule has 23 rings (SSSR count). The Hall–Kier alpha value is -16.0. The van der Waals surface area contributed by atoms with Crippen LogP contribution in [0.3, 0.4) is 0 Å². The number of aromatic nitrogens is 2. The molecule has 0 N–H and O–H groups in total. The SMILES string of the molecule is c1ccc(-c2ccc(N(c3ccccc3-c3ccccc3)c3ccc4ccc5c(N(c6ccc(-c7ccc(-c8cccc9ccc(-c%10c%11ccccc%11c(-c%11ccc%12ccccc%12c%11)c%11cc(-c%12ccc(-c%13nc%14ccccc%14n%13-c%13ccccc%13)cc%12)ccc%10%11)cc89)cc7)cc6)c6ccccc6-c6ccccc6)ccc6ccc3c4c65)cc2)cc1. The third-order valence-corrected chi connectivity index (χ3v) is 24.7. The third-order valence-electron chi connectivity index (χ3n) is 24.7. The van der Waals surface area contributed by atoms with Crippen molar-refractivity contribution in [2.24, 2.45) is 0 Å². The second kappa shape index (κ2) is 29.6. The number of hydrogen-bond donors (Lipinski definition) is 0. The Kier molecular flexibility index (Phi) is 17.2. The van der Waals surface area contributed by atoms with Gasteiger partial charge in [0.1, 0.15) is 5.82 Å². The molecule has 121 heavy (non-hydrogen) atoms. The first kappa shape index (κ1) is 70.4. The minimum Gasteiger partial charge on any atom is -0.309 e. The largest absolute Gasteiger partial charge is 0.309 e. The Morgan fingerprint density at radius 1 is 0.190 bits per heavy atom. The van der Waals surface area contributed by atoms with Gasteiger partial charge in [-0.15, -0.1) is 0 Å². The lowest BCUT2D eigenvalue weighted by Crippen LogP contribution is -2.12. The maximum atomic E-state index is 5.22. The van der Waals surface area contributed by atoms with E-state index in [9.17, 15) is 0 Å². The predicted molar refractivity (Wildman–Crippen MR) is 513 cm³/mol. The van der Waals surface area contributed by atoms with Crippen molar-refractivity contribution < 1.29 is 0 Å². The summed E-state index contributed by atoms with van der Waals surface area (Å²) in [5, 5.41) is 16.8. The van der Waals surface area contributed by atoms with Crippen molar-refractivity contribution in [3.8, 4) is 106 Å². The summed E-state index contributed by atoms with van der Waals surface area (Å²) in [4.78, 5) is 10.2. The lowest BCUT2D eigenvalue weighted by atomic mass is 9.84. The fourth-order valence-corrected chi connectivity index (χ4v) is 19.0. The average Bonchev–Trinajstić information content (AvgIpc) is 1.41. The zero-order valence-corrected chi connectivity index (χ0v) is 66.2. The fourth-order valence-electron chi connectivity index (χ4n) is 19.0. The molecular weight excluding hydrogens is 1460 g/mol.